The minimum atomic E-state index is -2.20. The Bertz CT molecular complexity index is 881. The molecule has 2 aromatic heterocycles. The van der Waals surface area contributed by atoms with E-state index in [1.807, 2.05) is 5.79 Å². The van der Waals surface area contributed by atoms with Crippen molar-refractivity contribution in [2.75, 3.05) is 11.5 Å². The third kappa shape index (κ3) is 11.9. The van der Waals surface area contributed by atoms with Crippen molar-refractivity contribution >= 4 is 98.1 Å². The van der Waals surface area contributed by atoms with Crippen molar-refractivity contribution in [3.8, 4) is 0 Å². The van der Waals surface area contributed by atoms with Crippen LogP contribution in [0.1, 0.15) is 92.9 Å². The Morgan fingerprint density at radius 2 is 0.868 bits per heavy atom. The molecule has 0 unspecified atom stereocenters. The number of hydrogen-bond donors (Lipinski definition) is 0. The van der Waals surface area contributed by atoms with Crippen LogP contribution in [0.2, 0.25) is 29.6 Å². The van der Waals surface area contributed by atoms with Gasteiger partial charge in [0, 0.05) is 0 Å². The number of rotatable bonds is 18. The third-order valence-electron chi connectivity index (χ3n) is 7.47. The summed E-state index contributed by atoms with van der Waals surface area (Å²) < 4.78 is 7.08. The van der Waals surface area contributed by atoms with Gasteiger partial charge in [0.2, 0.25) is 0 Å². The fraction of sp³-hybridized carbons (Fsp3) is 0.812. The Balaban J connectivity index is 2.21. The van der Waals surface area contributed by atoms with Crippen LogP contribution in [0, 0.1) is 23.7 Å². The predicted octanol–water partition coefficient (Wildman–Crippen LogP) is 11.9. The molecule has 0 saturated heterocycles. The Morgan fingerprint density at radius 3 is 1.16 bits per heavy atom. The molecule has 0 aromatic carbocycles. The summed E-state index contributed by atoms with van der Waals surface area (Å²) in [5.41, 5.74) is 0. The minimum absolute atomic E-state index is 0.846. The Labute approximate surface area is 262 Å². The quantitative estimate of drug-likeness (QED) is 0.109. The topological polar surface area (TPSA) is 0 Å². The summed E-state index contributed by atoms with van der Waals surface area (Å²) in [7, 11) is 0. The molecule has 0 aliphatic rings. The average Bonchev–Trinajstić information content (AvgIpc) is 3.30. The van der Waals surface area contributed by atoms with Crippen LogP contribution in [0.3, 0.4) is 0 Å². The van der Waals surface area contributed by atoms with Crippen molar-refractivity contribution < 1.29 is 0 Å². The van der Waals surface area contributed by atoms with Crippen LogP contribution in [0.25, 0.3) is 9.40 Å². The number of thioether (sulfide) groups is 2. The van der Waals surface area contributed by atoms with E-state index in [2.05, 4.69) is 117 Å². The molecular formula is C32H60S4Sn2. The monoisotopic (exact) mass is 812 g/mol. The summed E-state index contributed by atoms with van der Waals surface area (Å²) in [4.78, 5) is 19.3. The zero-order chi connectivity index (χ0) is 28.7. The Kier molecular flexibility index (Phi) is 15.9. The summed E-state index contributed by atoms with van der Waals surface area (Å²) in [5, 5.41) is 0. The van der Waals surface area contributed by atoms with Gasteiger partial charge in [-0.15, -0.1) is 0 Å². The summed E-state index contributed by atoms with van der Waals surface area (Å²) in [6.45, 7) is 14.4. The van der Waals surface area contributed by atoms with Gasteiger partial charge >= 0.3 is 266 Å². The van der Waals surface area contributed by atoms with E-state index in [1.165, 1.54) is 62.9 Å². The van der Waals surface area contributed by atoms with Gasteiger partial charge in [-0.25, -0.2) is 0 Å². The van der Waals surface area contributed by atoms with E-state index in [-0.39, 0.29) is 0 Å². The molecule has 0 bridgehead atoms. The van der Waals surface area contributed by atoms with Crippen LogP contribution < -0.4 is 5.79 Å². The van der Waals surface area contributed by atoms with Crippen molar-refractivity contribution in [1.82, 2.24) is 0 Å². The van der Waals surface area contributed by atoms with Crippen molar-refractivity contribution in [2.24, 2.45) is 23.7 Å². The molecule has 0 N–H and O–H groups in total. The molecule has 0 saturated carbocycles. The first-order valence-corrected chi connectivity index (χ1v) is 39.0. The van der Waals surface area contributed by atoms with Crippen LogP contribution in [0.5, 0.6) is 0 Å². The summed E-state index contributed by atoms with van der Waals surface area (Å²) in [6.07, 6.45) is 11.1. The fourth-order valence-electron chi connectivity index (χ4n) is 4.91. The van der Waals surface area contributed by atoms with Gasteiger partial charge in [-0.2, -0.15) is 0 Å². The van der Waals surface area contributed by atoms with Gasteiger partial charge in [-0.3, -0.25) is 0 Å². The number of hydrogen-bond acceptors (Lipinski definition) is 4. The molecule has 0 radical (unpaired) electrons. The molecule has 2 aromatic rings. The molecule has 0 nitrogen and oxygen atoms in total. The van der Waals surface area contributed by atoms with Crippen LogP contribution >= 0.6 is 46.2 Å². The maximum atomic E-state index is 2.64. The molecule has 0 aliphatic carbocycles. The van der Waals surface area contributed by atoms with Crippen LogP contribution in [0.4, 0.5) is 0 Å². The van der Waals surface area contributed by atoms with Crippen molar-refractivity contribution in [1.29, 1.82) is 0 Å². The Hall–Kier alpha value is 1.96. The summed E-state index contributed by atoms with van der Waals surface area (Å²) >= 11 is 4.56. The van der Waals surface area contributed by atoms with Crippen molar-refractivity contribution in [3.05, 3.63) is 0 Å². The van der Waals surface area contributed by atoms with E-state index in [4.69, 9.17) is 0 Å². The first kappa shape index (κ1) is 36.2. The van der Waals surface area contributed by atoms with Crippen LogP contribution in [-0.4, -0.2) is 48.3 Å². The van der Waals surface area contributed by atoms with E-state index in [0.29, 0.717) is 0 Å². The molecule has 2 rings (SSSR count). The van der Waals surface area contributed by atoms with Gasteiger partial charge in [-0.1, -0.05) is 0 Å². The molecule has 6 heteroatoms. The summed E-state index contributed by atoms with van der Waals surface area (Å²) in [6, 6.07) is 0. The number of thiophene rings is 2. The first-order valence-electron chi connectivity index (χ1n) is 15.5. The third-order valence-corrected chi connectivity index (χ3v) is 32.6. The van der Waals surface area contributed by atoms with Crippen LogP contribution in [0.15, 0.2) is 9.79 Å². The zero-order valence-corrected chi connectivity index (χ0v) is 36.0. The van der Waals surface area contributed by atoms with Gasteiger partial charge in [-0.05, 0) is 0 Å². The van der Waals surface area contributed by atoms with Crippen LogP contribution in [-0.2, 0) is 0 Å². The Morgan fingerprint density at radius 1 is 0.526 bits per heavy atom. The standard InChI is InChI=1S/C26H42S4.6CH3.2Sn/c1-19(2)9-7-11-21(5)13-15-27-23-17-29-26-24(18-30-25(23)26)28-16-14-22(6)12-8-10-20(3)4;;;;;;;;/h19-22H,7-16H2,1-6H3;6*1H3;;/t21-,22-;;;;;;;;/m0......../s1. The second-order valence-corrected chi connectivity index (χ2v) is 49.7. The molecule has 0 spiro atoms. The zero-order valence-electron chi connectivity index (χ0n) is 27.0. The molecule has 220 valence electrons. The fourth-order valence-corrected chi connectivity index (χ4v) is 28.4. The molecule has 0 fully saturated rings. The second kappa shape index (κ2) is 16.7. The van der Waals surface area contributed by atoms with Gasteiger partial charge in [0.15, 0.2) is 0 Å². The van der Waals surface area contributed by atoms with E-state index >= 15 is 0 Å². The molecular weight excluding hydrogens is 750 g/mol. The predicted molar refractivity (Wildman–Crippen MR) is 192 cm³/mol. The van der Waals surface area contributed by atoms with Gasteiger partial charge in [0.25, 0.3) is 0 Å². The van der Waals surface area contributed by atoms with Crippen molar-refractivity contribution in [3.63, 3.8) is 0 Å². The maximum absolute atomic E-state index is 2.64. The molecule has 38 heavy (non-hydrogen) atoms. The normalized spacial score (nSPS) is 14.8. The van der Waals surface area contributed by atoms with Gasteiger partial charge < -0.3 is 0 Å². The van der Waals surface area contributed by atoms with E-state index < -0.39 is 36.8 Å². The summed E-state index contributed by atoms with van der Waals surface area (Å²) in [5.74, 6) is 6.00. The average molecular weight is 811 g/mol. The second-order valence-electron chi connectivity index (χ2n) is 14.8. The van der Waals surface area contributed by atoms with E-state index in [1.54, 1.807) is 19.2 Å². The van der Waals surface area contributed by atoms with Gasteiger partial charge in [0.05, 0.1) is 0 Å². The SMILES string of the molecule is CC(C)CCC[C@H](C)CCSc1[c]([Sn]([CH3])([CH3])[CH3])sc2c(SCC[C@@H](C)CCCC(C)C)[c]([Sn]([CH3])([CH3])[CH3])sc12. The number of fused-ring (bicyclic) bond motifs is 1. The molecule has 2 atom stereocenters. The van der Waals surface area contributed by atoms with E-state index in [9.17, 15) is 0 Å². The first-order chi connectivity index (χ1) is 17.6. The van der Waals surface area contributed by atoms with Gasteiger partial charge in [0.1, 0.15) is 0 Å². The molecule has 0 amide bonds. The van der Waals surface area contributed by atoms with E-state index in [0.717, 1.165) is 23.7 Å². The molecule has 0 aliphatic heterocycles. The molecule has 2 heterocycles. The van der Waals surface area contributed by atoms with Crippen molar-refractivity contribution in [2.45, 2.75) is 132 Å².